The van der Waals surface area contributed by atoms with Crippen LogP contribution in [0, 0.1) is 0 Å². The summed E-state index contributed by atoms with van der Waals surface area (Å²) in [7, 11) is 0. The maximum Gasteiger partial charge on any atom is 0.156 e. The molecule has 0 unspecified atom stereocenters. The minimum atomic E-state index is 0.823. The molecule has 0 saturated heterocycles. The molecule has 1 N–H and O–H groups in total. The van der Waals surface area contributed by atoms with Crippen LogP contribution in [0.1, 0.15) is 6.92 Å². The van der Waals surface area contributed by atoms with Gasteiger partial charge in [-0.2, -0.15) is 0 Å². The van der Waals surface area contributed by atoms with E-state index in [9.17, 15) is 0 Å². The summed E-state index contributed by atoms with van der Waals surface area (Å²) in [5.41, 5.74) is 2.64. The first kappa shape index (κ1) is 7.42. The first-order valence-corrected chi connectivity index (χ1v) is 4.58. The van der Waals surface area contributed by atoms with Crippen LogP contribution in [0.5, 0.6) is 0 Å². The van der Waals surface area contributed by atoms with E-state index in [0.717, 1.165) is 22.7 Å². The second-order valence-corrected chi connectivity index (χ2v) is 3.09. The molecule has 2 aromatic heterocycles. The number of nitrogens with zero attached hydrogens (tertiary/aromatic N) is 3. The van der Waals surface area contributed by atoms with Gasteiger partial charge in [-0.15, -0.1) is 11.3 Å². The van der Waals surface area contributed by atoms with Crippen molar-refractivity contribution in [1.29, 1.82) is 0 Å². The molecule has 12 heavy (non-hydrogen) atoms. The van der Waals surface area contributed by atoms with E-state index < -0.39 is 0 Å². The largest absolute Gasteiger partial charge is 0.368 e. The van der Waals surface area contributed by atoms with Crippen molar-refractivity contribution < 1.29 is 0 Å². The SMILES string of the molecule is CCNc1ncnc2scnc12. The Morgan fingerprint density at radius 1 is 1.42 bits per heavy atom. The zero-order valence-corrected chi connectivity index (χ0v) is 7.43. The topological polar surface area (TPSA) is 50.7 Å². The molecule has 0 atom stereocenters. The quantitative estimate of drug-likeness (QED) is 0.761. The highest BCUT2D eigenvalue weighted by Gasteiger charge is 2.03. The summed E-state index contributed by atoms with van der Waals surface area (Å²) in [4.78, 5) is 13.3. The van der Waals surface area contributed by atoms with Crippen molar-refractivity contribution in [2.24, 2.45) is 0 Å². The number of anilines is 1. The third-order valence-corrected chi connectivity index (χ3v) is 2.21. The summed E-state index contributed by atoms with van der Waals surface area (Å²) >= 11 is 1.53. The van der Waals surface area contributed by atoms with Gasteiger partial charge in [0.1, 0.15) is 16.7 Å². The van der Waals surface area contributed by atoms with Crippen molar-refractivity contribution >= 4 is 27.5 Å². The zero-order valence-electron chi connectivity index (χ0n) is 6.61. The Balaban J connectivity index is 2.57. The Kier molecular flexibility index (Phi) is 1.87. The van der Waals surface area contributed by atoms with Gasteiger partial charge < -0.3 is 5.32 Å². The van der Waals surface area contributed by atoms with Crippen LogP contribution in [0.2, 0.25) is 0 Å². The lowest BCUT2D eigenvalue weighted by Crippen LogP contribution is -1.99. The lowest BCUT2D eigenvalue weighted by molar-refractivity contribution is 1.14. The van der Waals surface area contributed by atoms with Gasteiger partial charge in [-0.25, -0.2) is 15.0 Å². The highest BCUT2D eigenvalue weighted by atomic mass is 32.1. The monoisotopic (exact) mass is 180 g/mol. The molecule has 0 bridgehead atoms. The molecule has 0 aliphatic rings. The van der Waals surface area contributed by atoms with E-state index >= 15 is 0 Å². The molecule has 2 heterocycles. The van der Waals surface area contributed by atoms with Crippen LogP contribution >= 0.6 is 11.3 Å². The molecule has 0 saturated carbocycles. The molecule has 2 rings (SSSR count). The molecule has 0 fully saturated rings. The van der Waals surface area contributed by atoms with Gasteiger partial charge in [0.05, 0.1) is 5.51 Å². The minimum absolute atomic E-state index is 0.823. The van der Waals surface area contributed by atoms with Crippen molar-refractivity contribution in [3.8, 4) is 0 Å². The van der Waals surface area contributed by atoms with Crippen molar-refractivity contribution in [2.45, 2.75) is 6.92 Å². The van der Waals surface area contributed by atoms with Gasteiger partial charge in [0.15, 0.2) is 5.82 Å². The molecule has 0 radical (unpaired) electrons. The molecule has 5 heteroatoms. The maximum absolute atomic E-state index is 4.17. The number of hydrogen-bond donors (Lipinski definition) is 1. The molecule has 62 valence electrons. The van der Waals surface area contributed by atoms with Crippen LogP contribution in [0.4, 0.5) is 5.82 Å². The summed E-state index contributed by atoms with van der Waals surface area (Å²) < 4.78 is 0. The number of fused-ring (bicyclic) bond motifs is 1. The molecular formula is C7H8N4S. The molecule has 0 aromatic carbocycles. The van der Waals surface area contributed by atoms with Gasteiger partial charge in [0, 0.05) is 6.54 Å². The summed E-state index contributed by atoms with van der Waals surface area (Å²) in [5.74, 6) is 0.823. The van der Waals surface area contributed by atoms with E-state index in [1.165, 1.54) is 11.3 Å². The highest BCUT2D eigenvalue weighted by molar-refractivity contribution is 7.16. The number of hydrogen-bond acceptors (Lipinski definition) is 5. The minimum Gasteiger partial charge on any atom is -0.368 e. The van der Waals surface area contributed by atoms with E-state index in [-0.39, 0.29) is 0 Å². The van der Waals surface area contributed by atoms with Crippen LogP contribution in [-0.2, 0) is 0 Å². The summed E-state index contributed by atoms with van der Waals surface area (Å²) in [5, 5.41) is 3.13. The molecular weight excluding hydrogens is 172 g/mol. The van der Waals surface area contributed by atoms with Crippen LogP contribution in [0.25, 0.3) is 10.3 Å². The maximum atomic E-state index is 4.17. The van der Waals surface area contributed by atoms with Crippen molar-refractivity contribution in [3.63, 3.8) is 0 Å². The third kappa shape index (κ3) is 1.12. The first-order valence-electron chi connectivity index (χ1n) is 3.70. The fourth-order valence-electron chi connectivity index (χ4n) is 0.991. The van der Waals surface area contributed by atoms with Crippen molar-refractivity contribution in [2.75, 3.05) is 11.9 Å². The summed E-state index contributed by atoms with van der Waals surface area (Å²) in [6.07, 6.45) is 1.55. The van der Waals surface area contributed by atoms with Gasteiger partial charge in [0.2, 0.25) is 0 Å². The second kappa shape index (κ2) is 3.02. The normalized spacial score (nSPS) is 10.4. The molecule has 0 amide bonds. The Morgan fingerprint density at radius 3 is 3.17 bits per heavy atom. The fraction of sp³-hybridized carbons (Fsp3) is 0.286. The predicted molar refractivity (Wildman–Crippen MR) is 49.4 cm³/mol. The standard InChI is InChI=1S/C7H8N4S/c1-2-8-6-5-7(10-3-9-6)12-4-11-5/h3-4H,2H2,1H3,(H,8,9,10). The van der Waals surface area contributed by atoms with E-state index in [0.29, 0.717) is 0 Å². The van der Waals surface area contributed by atoms with Gasteiger partial charge in [-0.05, 0) is 6.92 Å². The summed E-state index contributed by atoms with van der Waals surface area (Å²) in [6, 6.07) is 0. The number of aromatic nitrogens is 3. The Labute approximate surface area is 73.7 Å². The molecule has 0 spiro atoms. The van der Waals surface area contributed by atoms with Crippen LogP contribution in [0.15, 0.2) is 11.8 Å². The van der Waals surface area contributed by atoms with Crippen LogP contribution in [-0.4, -0.2) is 21.5 Å². The predicted octanol–water partition coefficient (Wildman–Crippen LogP) is 1.52. The highest BCUT2D eigenvalue weighted by Crippen LogP contribution is 2.19. The van der Waals surface area contributed by atoms with Crippen LogP contribution < -0.4 is 5.32 Å². The molecule has 0 aliphatic heterocycles. The smallest absolute Gasteiger partial charge is 0.156 e. The van der Waals surface area contributed by atoms with E-state index in [4.69, 9.17) is 0 Å². The fourth-order valence-corrected chi connectivity index (χ4v) is 1.62. The van der Waals surface area contributed by atoms with E-state index in [1.807, 2.05) is 6.92 Å². The first-order chi connectivity index (χ1) is 5.92. The van der Waals surface area contributed by atoms with Gasteiger partial charge in [0.25, 0.3) is 0 Å². The molecule has 0 aliphatic carbocycles. The Morgan fingerprint density at radius 2 is 2.33 bits per heavy atom. The average Bonchev–Trinajstić information content (AvgIpc) is 2.53. The average molecular weight is 180 g/mol. The van der Waals surface area contributed by atoms with Crippen LogP contribution in [0.3, 0.4) is 0 Å². The van der Waals surface area contributed by atoms with Gasteiger partial charge in [-0.3, -0.25) is 0 Å². The lowest BCUT2D eigenvalue weighted by atomic mass is 10.5. The summed E-state index contributed by atoms with van der Waals surface area (Å²) in [6.45, 7) is 2.88. The van der Waals surface area contributed by atoms with E-state index in [1.54, 1.807) is 11.8 Å². The number of rotatable bonds is 2. The number of nitrogens with one attached hydrogen (secondary N) is 1. The third-order valence-electron chi connectivity index (χ3n) is 1.48. The number of thiazole rings is 1. The van der Waals surface area contributed by atoms with E-state index in [2.05, 4.69) is 20.3 Å². The zero-order chi connectivity index (χ0) is 8.39. The van der Waals surface area contributed by atoms with Crippen molar-refractivity contribution in [3.05, 3.63) is 11.8 Å². The Bertz CT molecular complexity index is 384. The molecule has 2 aromatic rings. The second-order valence-electron chi connectivity index (χ2n) is 2.26. The van der Waals surface area contributed by atoms with Gasteiger partial charge in [-0.1, -0.05) is 0 Å². The Hall–Kier alpha value is -1.23. The lowest BCUT2D eigenvalue weighted by Gasteiger charge is -2.00. The van der Waals surface area contributed by atoms with Crippen molar-refractivity contribution in [1.82, 2.24) is 15.0 Å². The van der Waals surface area contributed by atoms with Gasteiger partial charge >= 0.3 is 0 Å². The molecule has 4 nitrogen and oxygen atoms in total.